The number of nitrogens with one attached hydrogen (secondary N) is 1. The summed E-state index contributed by atoms with van der Waals surface area (Å²) in [6.45, 7) is 2.94. The van der Waals surface area contributed by atoms with Crippen molar-refractivity contribution < 1.29 is 4.74 Å². The van der Waals surface area contributed by atoms with Gasteiger partial charge < -0.3 is 10.1 Å². The number of aryl methyl sites for hydroxylation is 1. The molecule has 0 saturated heterocycles. The van der Waals surface area contributed by atoms with Gasteiger partial charge in [-0.15, -0.1) is 0 Å². The summed E-state index contributed by atoms with van der Waals surface area (Å²) in [6.07, 6.45) is 8.73. The Balaban J connectivity index is 1.40. The monoisotopic (exact) mass is 338 g/mol. The molecule has 0 radical (unpaired) electrons. The van der Waals surface area contributed by atoms with Gasteiger partial charge in [-0.25, -0.2) is 0 Å². The molecule has 4 rings (SSSR count). The minimum atomic E-state index is -0.00889. The van der Waals surface area contributed by atoms with Crippen molar-refractivity contribution in [2.75, 3.05) is 13.2 Å². The van der Waals surface area contributed by atoms with E-state index in [-0.39, 0.29) is 6.10 Å². The van der Waals surface area contributed by atoms with Crippen LogP contribution in [0.4, 0.5) is 0 Å². The van der Waals surface area contributed by atoms with E-state index < -0.39 is 0 Å². The van der Waals surface area contributed by atoms with E-state index in [1.165, 1.54) is 11.1 Å². The van der Waals surface area contributed by atoms with Gasteiger partial charge in [0.25, 0.3) is 0 Å². The maximum absolute atomic E-state index is 5.94. The highest BCUT2D eigenvalue weighted by atomic mass is 16.5. The first-order valence-electron chi connectivity index (χ1n) is 8.54. The van der Waals surface area contributed by atoms with Crippen molar-refractivity contribution in [3.63, 3.8) is 0 Å². The van der Waals surface area contributed by atoms with Crippen molar-refractivity contribution in [1.29, 1.82) is 0 Å². The molecule has 1 atom stereocenters. The standard InChI is InChI=1S/C18H22N6O/c1-23-11-14(9-21-23)8-19-10-17-18-15(5-7-25-17)12-24(22-18)13-16-4-2-3-6-20-16/h2-4,6,9,11-12,17,19H,5,7-8,10,13H2,1H3/t17-/m0/s1. The van der Waals surface area contributed by atoms with Crippen LogP contribution in [-0.4, -0.2) is 37.7 Å². The number of hydrogen-bond acceptors (Lipinski definition) is 5. The van der Waals surface area contributed by atoms with E-state index in [1.807, 2.05) is 53.2 Å². The molecule has 4 heterocycles. The molecular weight excluding hydrogens is 316 g/mol. The molecule has 7 heteroatoms. The molecule has 0 saturated carbocycles. The molecular formula is C18H22N6O. The van der Waals surface area contributed by atoms with Crippen LogP contribution >= 0.6 is 0 Å². The van der Waals surface area contributed by atoms with E-state index in [4.69, 9.17) is 9.84 Å². The summed E-state index contributed by atoms with van der Waals surface area (Å²) >= 11 is 0. The zero-order valence-corrected chi connectivity index (χ0v) is 14.3. The molecule has 0 spiro atoms. The van der Waals surface area contributed by atoms with Crippen LogP contribution < -0.4 is 5.32 Å². The van der Waals surface area contributed by atoms with Gasteiger partial charge in [0, 0.05) is 44.3 Å². The van der Waals surface area contributed by atoms with Crippen LogP contribution in [0, 0.1) is 0 Å². The number of ether oxygens (including phenoxy) is 1. The summed E-state index contributed by atoms with van der Waals surface area (Å²) in [6, 6.07) is 5.94. The van der Waals surface area contributed by atoms with Crippen LogP contribution in [0.3, 0.4) is 0 Å². The second-order valence-electron chi connectivity index (χ2n) is 6.32. The van der Waals surface area contributed by atoms with E-state index >= 15 is 0 Å². The Labute approximate surface area is 146 Å². The molecule has 0 fully saturated rings. The van der Waals surface area contributed by atoms with Crippen molar-refractivity contribution in [2.45, 2.75) is 25.6 Å². The van der Waals surface area contributed by atoms with Crippen LogP contribution in [-0.2, 0) is 31.3 Å². The number of hydrogen-bond donors (Lipinski definition) is 1. The normalized spacial score (nSPS) is 16.8. The third kappa shape index (κ3) is 3.78. The largest absolute Gasteiger partial charge is 0.370 e. The van der Waals surface area contributed by atoms with E-state index in [2.05, 4.69) is 21.6 Å². The topological polar surface area (TPSA) is 69.8 Å². The van der Waals surface area contributed by atoms with Crippen molar-refractivity contribution in [2.24, 2.45) is 7.05 Å². The number of nitrogens with zero attached hydrogens (tertiary/aromatic N) is 5. The molecule has 1 N–H and O–H groups in total. The quantitative estimate of drug-likeness (QED) is 0.737. The molecule has 0 aromatic carbocycles. The van der Waals surface area contributed by atoms with E-state index in [0.717, 1.165) is 37.5 Å². The summed E-state index contributed by atoms with van der Waals surface area (Å²) in [7, 11) is 1.92. The zero-order valence-electron chi connectivity index (χ0n) is 14.3. The van der Waals surface area contributed by atoms with Crippen LogP contribution in [0.1, 0.15) is 28.6 Å². The lowest BCUT2D eigenvalue weighted by Crippen LogP contribution is -2.27. The molecule has 3 aromatic heterocycles. The van der Waals surface area contributed by atoms with Gasteiger partial charge in [-0.2, -0.15) is 10.2 Å². The molecule has 3 aromatic rings. The summed E-state index contributed by atoms with van der Waals surface area (Å²) in [5.41, 5.74) is 4.49. The summed E-state index contributed by atoms with van der Waals surface area (Å²) < 4.78 is 9.72. The summed E-state index contributed by atoms with van der Waals surface area (Å²) in [5.74, 6) is 0. The predicted octanol–water partition coefficient (Wildman–Crippen LogP) is 1.46. The van der Waals surface area contributed by atoms with Crippen molar-refractivity contribution in [1.82, 2.24) is 29.9 Å². The first kappa shape index (κ1) is 16.0. The third-order valence-electron chi connectivity index (χ3n) is 4.33. The lowest BCUT2D eigenvalue weighted by atomic mass is 10.1. The first-order valence-corrected chi connectivity index (χ1v) is 8.54. The molecule has 130 valence electrons. The molecule has 0 amide bonds. The SMILES string of the molecule is Cn1cc(CNC[C@@H]2OCCc3cn(Cc4ccccn4)nc32)cn1. The van der Waals surface area contributed by atoms with Gasteiger partial charge in [0.1, 0.15) is 6.10 Å². The Morgan fingerprint density at radius 2 is 2.28 bits per heavy atom. The molecule has 0 bridgehead atoms. The van der Waals surface area contributed by atoms with Crippen LogP contribution in [0.15, 0.2) is 43.0 Å². The smallest absolute Gasteiger partial charge is 0.114 e. The summed E-state index contributed by atoms with van der Waals surface area (Å²) in [4.78, 5) is 4.37. The average Bonchev–Trinajstić information content (AvgIpc) is 3.22. The highest BCUT2D eigenvalue weighted by Gasteiger charge is 2.24. The van der Waals surface area contributed by atoms with Gasteiger partial charge in [0.15, 0.2) is 0 Å². The molecule has 0 aliphatic carbocycles. The lowest BCUT2D eigenvalue weighted by molar-refractivity contribution is 0.0393. The zero-order chi connectivity index (χ0) is 17.1. The van der Waals surface area contributed by atoms with E-state index in [9.17, 15) is 0 Å². The van der Waals surface area contributed by atoms with Gasteiger partial charge in [-0.1, -0.05) is 6.07 Å². The summed E-state index contributed by atoms with van der Waals surface area (Å²) in [5, 5.41) is 12.4. The highest BCUT2D eigenvalue weighted by molar-refractivity contribution is 5.23. The lowest BCUT2D eigenvalue weighted by Gasteiger charge is -2.22. The number of aromatic nitrogens is 5. The van der Waals surface area contributed by atoms with Crippen LogP contribution in [0.25, 0.3) is 0 Å². The van der Waals surface area contributed by atoms with Gasteiger partial charge >= 0.3 is 0 Å². The fourth-order valence-electron chi connectivity index (χ4n) is 3.14. The number of fused-ring (bicyclic) bond motifs is 1. The Bertz CT molecular complexity index is 825. The Kier molecular flexibility index (Phi) is 4.58. The van der Waals surface area contributed by atoms with Crippen molar-refractivity contribution in [3.05, 3.63) is 65.5 Å². The predicted molar refractivity (Wildman–Crippen MR) is 92.9 cm³/mol. The third-order valence-corrected chi connectivity index (χ3v) is 4.33. The van der Waals surface area contributed by atoms with E-state index in [1.54, 1.807) is 0 Å². The minimum absolute atomic E-state index is 0.00889. The van der Waals surface area contributed by atoms with Crippen LogP contribution in [0.5, 0.6) is 0 Å². The van der Waals surface area contributed by atoms with Gasteiger partial charge in [0.05, 0.1) is 30.7 Å². The van der Waals surface area contributed by atoms with Gasteiger partial charge in [-0.05, 0) is 24.1 Å². The second-order valence-corrected chi connectivity index (χ2v) is 6.32. The van der Waals surface area contributed by atoms with Crippen molar-refractivity contribution >= 4 is 0 Å². The highest BCUT2D eigenvalue weighted by Crippen LogP contribution is 2.25. The van der Waals surface area contributed by atoms with E-state index in [0.29, 0.717) is 6.54 Å². The van der Waals surface area contributed by atoms with Crippen molar-refractivity contribution in [3.8, 4) is 0 Å². The fraction of sp³-hybridized carbons (Fsp3) is 0.389. The molecule has 1 aliphatic rings. The number of pyridine rings is 1. The molecule has 0 unspecified atom stereocenters. The fourth-order valence-corrected chi connectivity index (χ4v) is 3.14. The Morgan fingerprint density at radius 1 is 1.32 bits per heavy atom. The second kappa shape index (κ2) is 7.16. The molecule has 25 heavy (non-hydrogen) atoms. The number of rotatable bonds is 6. The van der Waals surface area contributed by atoms with Gasteiger partial charge in [-0.3, -0.25) is 14.3 Å². The first-order chi connectivity index (χ1) is 12.3. The Morgan fingerprint density at radius 3 is 3.08 bits per heavy atom. The average molecular weight is 338 g/mol. The minimum Gasteiger partial charge on any atom is -0.370 e. The van der Waals surface area contributed by atoms with Crippen LogP contribution in [0.2, 0.25) is 0 Å². The maximum atomic E-state index is 5.94. The van der Waals surface area contributed by atoms with Gasteiger partial charge in [0.2, 0.25) is 0 Å². The molecule has 1 aliphatic heterocycles. The molecule has 7 nitrogen and oxygen atoms in total. The Hall–Kier alpha value is -2.51. The maximum Gasteiger partial charge on any atom is 0.114 e.